The quantitative estimate of drug-likeness (QED) is 0.372. The van der Waals surface area contributed by atoms with E-state index in [4.69, 9.17) is 15.2 Å². The Morgan fingerprint density at radius 1 is 1.22 bits per heavy atom. The van der Waals surface area contributed by atoms with E-state index in [0.717, 1.165) is 0 Å². The SMILES string of the molecule is CC(=O)OCC(C/C=N\NC(N)=O)COC(C)=O. The number of carbonyl (C=O) groups excluding carboxylic acids is 3. The van der Waals surface area contributed by atoms with Gasteiger partial charge in [-0.15, -0.1) is 0 Å². The van der Waals surface area contributed by atoms with Crippen LogP contribution in [-0.2, 0) is 19.1 Å². The molecule has 0 aliphatic heterocycles. The summed E-state index contributed by atoms with van der Waals surface area (Å²) in [4.78, 5) is 31.7. The van der Waals surface area contributed by atoms with Gasteiger partial charge in [0, 0.05) is 26.0 Å². The third kappa shape index (κ3) is 10.4. The number of carbonyl (C=O) groups is 3. The summed E-state index contributed by atoms with van der Waals surface area (Å²) < 4.78 is 9.62. The average molecular weight is 259 g/mol. The minimum Gasteiger partial charge on any atom is -0.465 e. The Morgan fingerprint density at radius 3 is 2.11 bits per heavy atom. The zero-order valence-corrected chi connectivity index (χ0v) is 10.3. The van der Waals surface area contributed by atoms with Crippen molar-refractivity contribution in [1.82, 2.24) is 5.43 Å². The molecule has 0 spiro atoms. The van der Waals surface area contributed by atoms with E-state index in [1.54, 1.807) is 0 Å². The Labute approximate surface area is 104 Å². The van der Waals surface area contributed by atoms with Gasteiger partial charge in [-0.1, -0.05) is 0 Å². The van der Waals surface area contributed by atoms with E-state index in [1.165, 1.54) is 20.1 Å². The van der Waals surface area contributed by atoms with Crippen LogP contribution in [0.3, 0.4) is 0 Å². The molecule has 0 aromatic heterocycles. The summed E-state index contributed by atoms with van der Waals surface area (Å²) in [7, 11) is 0. The predicted octanol–water partition coefficient (Wildman–Crippen LogP) is -0.227. The maximum atomic E-state index is 10.7. The molecule has 0 fully saturated rings. The minimum absolute atomic E-state index is 0.102. The maximum absolute atomic E-state index is 10.7. The molecule has 0 aromatic rings. The first-order valence-corrected chi connectivity index (χ1v) is 5.25. The molecule has 0 aromatic carbocycles. The van der Waals surface area contributed by atoms with Crippen molar-refractivity contribution in [3.05, 3.63) is 0 Å². The first-order valence-electron chi connectivity index (χ1n) is 5.25. The summed E-state index contributed by atoms with van der Waals surface area (Å²) in [5.41, 5.74) is 6.83. The van der Waals surface area contributed by atoms with Crippen LogP contribution < -0.4 is 11.2 Å². The number of nitrogens with one attached hydrogen (secondary N) is 1. The maximum Gasteiger partial charge on any atom is 0.332 e. The highest BCUT2D eigenvalue weighted by atomic mass is 16.5. The van der Waals surface area contributed by atoms with Gasteiger partial charge in [0.1, 0.15) is 0 Å². The molecule has 18 heavy (non-hydrogen) atoms. The lowest BCUT2D eigenvalue weighted by molar-refractivity contribution is -0.146. The summed E-state index contributed by atoms with van der Waals surface area (Å²) in [6, 6.07) is -0.775. The van der Waals surface area contributed by atoms with E-state index >= 15 is 0 Å². The number of hydrazone groups is 1. The molecule has 0 bridgehead atoms. The van der Waals surface area contributed by atoms with Crippen molar-refractivity contribution in [3.63, 3.8) is 0 Å². The Kier molecular flexibility index (Phi) is 7.91. The highest BCUT2D eigenvalue weighted by Gasteiger charge is 2.11. The number of nitrogens with two attached hydrogens (primary N) is 1. The average Bonchev–Trinajstić information content (AvgIpc) is 2.25. The number of rotatable bonds is 7. The van der Waals surface area contributed by atoms with Crippen LogP contribution >= 0.6 is 0 Å². The Morgan fingerprint density at radius 2 is 1.72 bits per heavy atom. The molecule has 0 saturated heterocycles. The smallest absolute Gasteiger partial charge is 0.332 e. The fraction of sp³-hybridized carbons (Fsp3) is 0.600. The summed E-state index contributed by atoms with van der Waals surface area (Å²) in [5, 5.41) is 3.53. The Balaban J connectivity index is 4.10. The van der Waals surface area contributed by atoms with Crippen LogP contribution in [-0.4, -0.2) is 37.4 Å². The van der Waals surface area contributed by atoms with Gasteiger partial charge in [0.2, 0.25) is 0 Å². The third-order valence-electron chi connectivity index (χ3n) is 1.75. The standard InChI is InChI=1S/C10H17N3O5/c1-7(14)17-5-9(6-18-8(2)15)3-4-12-13-10(11)16/h4,9H,3,5-6H2,1-2H3,(H3,11,13,16)/b12-4-. The lowest BCUT2D eigenvalue weighted by Gasteiger charge is -2.13. The zero-order valence-electron chi connectivity index (χ0n) is 10.3. The van der Waals surface area contributed by atoms with Crippen molar-refractivity contribution in [1.29, 1.82) is 0 Å². The van der Waals surface area contributed by atoms with E-state index in [2.05, 4.69) is 5.10 Å². The summed E-state index contributed by atoms with van der Waals surface area (Å²) >= 11 is 0. The van der Waals surface area contributed by atoms with Crippen LogP contribution in [0.5, 0.6) is 0 Å². The fourth-order valence-electron chi connectivity index (χ4n) is 0.966. The Bertz CT molecular complexity index is 311. The van der Waals surface area contributed by atoms with Gasteiger partial charge in [0.05, 0.1) is 13.2 Å². The number of ether oxygens (including phenoxy) is 2. The number of primary amides is 1. The number of amides is 2. The van der Waals surface area contributed by atoms with Gasteiger partial charge in [0.25, 0.3) is 0 Å². The topological polar surface area (TPSA) is 120 Å². The van der Waals surface area contributed by atoms with Gasteiger partial charge < -0.3 is 15.2 Å². The second-order valence-electron chi connectivity index (χ2n) is 3.49. The fourth-order valence-corrected chi connectivity index (χ4v) is 0.966. The summed E-state index contributed by atoms with van der Waals surface area (Å²) in [5.74, 6) is -1.07. The molecule has 0 radical (unpaired) electrons. The summed E-state index contributed by atoms with van der Waals surface area (Å²) in [6.45, 7) is 2.77. The molecule has 0 atom stereocenters. The van der Waals surface area contributed by atoms with E-state index in [-0.39, 0.29) is 19.1 Å². The van der Waals surface area contributed by atoms with E-state index in [0.29, 0.717) is 6.42 Å². The third-order valence-corrected chi connectivity index (χ3v) is 1.75. The van der Waals surface area contributed by atoms with Crippen LogP contribution in [0.4, 0.5) is 4.79 Å². The van der Waals surface area contributed by atoms with E-state index in [9.17, 15) is 14.4 Å². The molecule has 0 aliphatic carbocycles. The van der Waals surface area contributed by atoms with Crippen molar-refractivity contribution in [2.24, 2.45) is 16.8 Å². The van der Waals surface area contributed by atoms with Gasteiger partial charge in [-0.2, -0.15) is 5.10 Å². The van der Waals surface area contributed by atoms with Gasteiger partial charge >= 0.3 is 18.0 Å². The monoisotopic (exact) mass is 259 g/mol. The van der Waals surface area contributed by atoms with Crippen LogP contribution in [0.15, 0.2) is 5.10 Å². The van der Waals surface area contributed by atoms with Crippen molar-refractivity contribution in [2.45, 2.75) is 20.3 Å². The lowest BCUT2D eigenvalue weighted by Crippen LogP contribution is -2.25. The van der Waals surface area contributed by atoms with Gasteiger partial charge in [-0.05, 0) is 6.42 Å². The van der Waals surface area contributed by atoms with Crippen LogP contribution in [0.25, 0.3) is 0 Å². The number of esters is 2. The molecule has 0 aliphatic rings. The van der Waals surface area contributed by atoms with Crippen molar-refractivity contribution >= 4 is 24.2 Å². The van der Waals surface area contributed by atoms with Crippen molar-refractivity contribution in [3.8, 4) is 0 Å². The first-order chi connectivity index (χ1) is 8.41. The van der Waals surface area contributed by atoms with Gasteiger partial charge in [0.15, 0.2) is 0 Å². The number of hydrogen-bond donors (Lipinski definition) is 2. The second kappa shape index (κ2) is 8.97. The van der Waals surface area contributed by atoms with Crippen molar-refractivity contribution in [2.75, 3.05) is 13.2 Å². The normalized spacial score (nSPS) is 10.4. The highest BCUT2D eigenvalue weighted by Crippen LogP contribution is 2.04. The summed E-state index contributed by atoms with van der Waals surface area (Å²) in [6.07, 6.45) is 1.75. The molecule has 3 N–H and O–H groups in total. The van der Waals surface area contributed by atoms with Crippen molar-refractivity contribution < 1.29 is 23.9 Å². The van der Waals surface area contributed by atoms with Crippen LogP contribution in [0, 0.1) is 5.92 Å². The molecular weight excluding hydrogens is 242 g/mol. The molecular formula is C10H17N3O5. The van der Waals surface area contributed by atoms with E-state index < -0.39 is 18.0 Å². The first kappa shape index (κ1) is 15.9. The largest absolute Gasteiger partial charge is 0.465 e. The predicted molar refractivity (Wildman–Crippen MR) is 62.6 cm³/mol. The molecule has 8 heteroatoms. The zero-order chi connectivity index (χ0) is 14.0. The number of nitrogens with zero attached hydrogens (tertiary/aromatic N) is 1. The second-order valence-corrected chi connectivity index (χ2v) is 3.49. The minimum atomic E-state index is -0.775. The lowest BCUT2D eigenvalue weighted by atomic mass is 10.1. The van der Waals surface area contributed by atoms with E-state index in [1.807, 2.05) is 5.43 Å². The highest BCUT2D eigenvalue weighted by molar-refractivity contribution is 5.72. The van der Waals surface area contributed by atoms with Gasteiger partial charge in [-0.3, -0.25) is 9.59 Å². The molecule has 0 unspecified atom stereocenters. The number of urea groups is 1. The molecule has 102 valence electrons. The molecule has 2 amide bonds. The molecule has 0 rings (SSSR count). The Hall–Kier alpha value is -2.12. The number of hydrogen-bond acceptors (Lipinski definition) is 6. The molecule has 8 nitrogen and oxygen atoms in total. The van der Waals surface area contributed by atoms with Crippen LogP contribution in [0.2, 0.25) is 0 Å². The van der Waals surface area contributed by atoms with Gasteiger partial charge in [-0.25, -0.2) is 10.2 Å². The van der Waals surface area contributed by atoms with Crippen LogP contribution in [0.1, 0.15) is 20.3 Å². The molecule has 0 heterocycles. The molecule has 0 saturated carbocycles.